The maximum absolute atomic E-state index is 12.8. The summed E-state index contributed by atoms with van der Waals surface area (Å²) in [6.07, 6.45) is 2.44. The molecular formula is C19H19Cl2NO2. The number of hydrogen-bond acceptors (Lipinski definition) is 2. The normalized spacial score (nSPS) is 13.6. The van der Waals surface area contributed by atoms with Gasteiger partial charge in [-0.2, -0.15) is 0 Å². The molecule has 24 heavy (non-hydrogen) atoms. The number of benzene rings is 2. The van der Waals surface area contributed by atoms with E-state index >= 15 is 0 Å². The summed E-state index contributed by atoms with van der Waals surface area (Å²) in [5, 5.41) is 0.977. The predicted octanol–water partition coefficient (Wildman–Crippen LogP) is 4.74. The van der Waals surface area contributed by atoms with E-state index in [-0.39, 0.29) is 5.91 Å². The van der Waals surface area contributed by atoms with Crippen LogP contribution in [0.4, 0.5) is 0 Å². The monoisotopic (exact) mass is 363 g/mol. The Morgan fingerprint density at radius 3 is 2.58 bits per heavy atom. The minimum atomic E-state index is 0.0989. The van der Waals surface area contributed by atoms with Crippen LogP contribution in [0.15, 0.2) is 42.5 Å². The summed E-state index contributed by atoms with van der Waals surface area (Å²) in [7, 11) is 1.65. The van der Waals surface area contributed by atoms with Crippen molar-refractivity contribution < 1.29 is 9.53 Å². The molecule has 0 radical (unpaired) electrons. The molecule has 1 amide bonds. The molecule has 0 atom stereocenters. The quantitative estimate of drug-likeness (QED) is 0.741. The Balaban J connectivity index is 1.75. The van der Waals surface area contributed by atoms with E-state index in [4.69, 9.17) is 27.9 Å². The first-order valence-corrected chi connectivity index (χ1v) is 8.69. The molecule has 0 spiro atoms. The molecule has 1 aliphatic carbocycles. The number of carbonyl (C=O) groups is 1. The Labute approximate surface area is 152 Å². The van der Waals surface area contributed by atoms with Crippen LogP contribution in [0.2, 0.25) is 10.0 Å². The summed E-state index contributed by atoms with van der Waals surface area (Å²) in [4.78, 5) is 14.7. The van der Waals surface area contributed by atoms with Gasteiger partial charge < -0.3 is 9.64 Å². The molecule has 2 aromatic rings. The van der Waals surface area contributed by atoms with E-state index < -0.39 is 0 Å². The third kappa shape index (κ3) is 4.03. The topological polar surface area (TPSA) is 29.5 Å². The molecule has 0 heterocycles. The fraction of sp³-hybridized carbons (Fsp3) is 0.316. The number of nitrogens with zero attached hydrogens (tertiary/aromatic N) is 1. The average molecular weight is 364 g/mol. The molecule has 0 aliphatic heterocycles. The molecule has 1 saturated carbocycles. The van der Waals surface area contributed by atoms with Crippen LogP contribution < -0.4 is 4.74 Å². The number of methoxy groups -OCH3 is 1. The van der Waals surface area contributed by atoms with E-state index in [9.17, 15) is 4.79 Å². The van der Waals surface area contributed by atoms with Gasteiger partial charge in [-0.05, 0) is 36.6 Å². The van der Waals surface area contributed by atoms with Crippen LogP contribution in [0.5, 0.6) is 5.75 Å². The van der Waals surface area contributed by atoms with Crippen molar-refractivity contribution in [3.8, 4) is 5.75 Å². The van der Waals surface area contributed by atoms with Crippen LogP contribution in [0.25, 0.3) is 0 Å². The fourth-order valence-electron chi connectivity index (χ4n) is 2.75. The minimum absolute atomic E-state index is 0.0989. The van der Waals surface area contributed by atoms with E-state index in [1.54, 1.807) is 19.2 Å². The Bertz CT molecular complexity index is 744. The first-order chi connectivity index (χ1) is 11.6. The van der Waals surface area contributed by atoms with Crippen molar-refractivity contribution in [3.05, 3.63) is 63.6 Å². The summed E-state index contributed by atoms with van der Waals surface area (Å²) in [6, 6.07) is 13.5. The molecule has 0 saturated heterocycles. The molecule has 0 unspecified atom stereocenters. The predicted molar refractivity (Wildman–Crippen MR) is 96.7 cm³/mol. The van der Waals surface area contributed by atoms with Crippen molar-refractivity contribution >= 4 is 29.1 Å². The molecule has 2 aromatic carbocycles. The zero-order valence-electron chi connectivity index (χ0n) is 13.5. The van der Waals surface area contributed by atoms with Crippen LogP contribution in [0.1, 0.15) is 24.0 Å². The van der Waals surface area contributed by atoms with Crippen LogP contribution in [0, 0.1) is 0 Å². The summed E-state index contributed by atoms with van der Waals surface area (Å²) >= 11 is 12.0. The number of para-hydroxylation sites is 1. The van der Waals surface area contributed by atoms with Crippen LogP contribution in [0.3, 0.4) is 0 Å². The Kier molecular flexibility index (Phi) is 5.32. The van der Waals surface area contributed by atoms with Gasteiger partial charge in [-0.25, -0.2) is 0 Å². The molecule has 1 fully saturated rings. The third-order valence-electron chi connectivity index (χ3n) is 4.18. The highest BCUT2D eigenvalue weighted by atomic mass is 35.5. The highest BCUT2D eigenvalue weighted by Gasteiger charge is 2.32. The van der Waals surface area contributed by atoms with Gasteiger partial charge in [0.05, 0.1) is 23.6 Å². The highest BCUT2D eigenvalue weighted by molar-refractivity contribution is 6.42. The zero-order valence-corrected chi connectivity index (χ0v) is 15.0. The molecule has 0 aromatic heterocycles. The molecule has 5 heteroatoms. The average Bonchev–Trinajstić information content (AvgIpc) is 3.41. The van der Waals surface area contributed by atoms with Gasteiger partial charge >= 0.3 is 0 Å². The summed E-state index contributed by atoms with van der Waals surface area (Å²) in [6.45, 7) is 0.564. The van der Waals surface area contributed by atoms with Gasteiger partial charge in [0.2, 0.25) is 5.91 Å². The summed E-state index contributed by atoms with van der Waals surface area (Å²) < 4.78 is 5.40. The van der Waals surface area contributed by atoms with Crippen molar-refractivity contribution in [1.82, 2.24) is 4.90 Å². The van der Waals surface area contributed by atoms with Crippen LogP contribution >= 0.6 is 23.2 Å². The Hall–Kier alpha value is -1.71. The second-order valence-electron chi connectivity index (χ2n) is 5.99. The summed E-state index contributed by atoms with van der Waals surface area (Å²) in [5.41, 5.74) is 1.90. The van der Waals surface area contributed by atoms with E-state index in [0.29, 0.717) is 29.1 Å². The summed E-state index contributed by atoms with van der Waals surface area (Å²) in [5.74, 6) is 0.910. The number of hydrogen-bond donors (Lipinski definition) is 0. The first-order valence-electron chi connectivity index (χ1n) is 7.94. The van der Waals surface area contributed by atoms with Crippen molar-refractivity contribution in [2.45, 2.75) is 31.8 Å². The van der Waals surface area contributed by atoms with Gasteiger partial charge in [-0.3, -0.25) is 4.79 Å². The van der Waals surface area contributed by atoms with Crippen molar-refractivity contribution in [3.63, 3.8) is 0 Å². The largest absolute Gasteiger partial charge is 0.496 e. The number of ether oxygens (including phenoxy) is 1. The van der Waals surface area contributed by atoms with Crippen LogP contribution in [-0.2, 0) is 17.8 Å². The van der Waals surface area contributed by atoms with Gasteiger partial charge in [0.1, 0.15) is 5.75 Å². The lowest BCUT2D eigenvalue weighted by Gasteiger charge is -2.24. The molecule has 3 nitrogen and oxygen atoms in total. The molecule has 0 bridgehead atoms. The molecule has 1 aliphatic rings. The molecule has 3 rings (SSSR count). The van der Waals surface area contributed by atoms with Crippen molar-refractivity contribution in [1.29, 1.82) is 0 Å². The number of rotatable bonds is 6. The standard InChI is InChI=1S/C19H19Cl2NO2/c1-24-18-5-3-2-4-14(18)12-22(15-7-8-15)19(23)11-13-6-9-16(20)17(21)10-13/h2-6,9-10,15H,7-8,11-12H2,1H3. The minimum Gasteiger partial charge on any atom is -0.496 e. The number of carbonyl (C=O) groups excluding carboxylic acids is 1. The Morgan fingerprint density at radius 1 is 1.17 bits per heavy atom. The SMILES string of the molecule is COc1ccccc1CN(C(=O)Cc1ccc(Cl)c(Cl)c1)C1CC1. The molecule has 126 valence electrons. The van der Waals surface area contributed by atoms with Gasteiger partial charge in [0.15, 0.2) is 0 Å². The lowest BCUT2D eigenvalue weighted by molar-refractivity contribution is -0.131. The van der Waals surface area contributed by atoms with Gasteiger partial charge in [0, 0.05) is 18.2 Å². The Morgan fingerprint density at radius 2 is 1.92 bits per heavy atom. The lowest BCUT2D eigenvalue weighted by atomic mass is 10.1. The van der Waals surface area contributed by atoms with Crippen molar-refractivity contribution in [2.24, 2.45) is 0 Å². The van der Waals surface area contributed by atoms with E-state index in [0.717, 1.165) is 29.7 Å². The van der Waals surface area contributed by atoms with Gasteiger partial charge in [-0.1, -0.05) is 47.5 Å². The van der Waals surface area contributed by atoms with E-state index in [1.807, 2.05) is 35.2 Å². The lowest BCUT2D eigenvalue weighted by Crippen LogP contribution is -2.33. The van der Waals surface area contributed by atoms with Crippen molar-refractivity contribution in [2.75, 3.05) is 7.11 Å². The second-order valence-corrected chi connectivity index (χ2v) is 6.80. The number of halogens is 2. The van der Waals surface area contributed by atoms with Gasteiger partial charge in [0.25, 0.3) is 0 Å². The highest BCUT2D eigenvalue weighted by Crippen LogP contribution is 2.31. The van der Waals surface area contributed by atoms with Crippen LogP contribution in [-0.4, -0.2) is 24.0 Å². The number of amides is 1. The second kappa shape index (κ2) is 7.45. The van der Waals surface area contributed by atoms with E-state index in [1.165, 1.54) is 0 Å². The first kappa shape index (κ1) is 17.1. The maximum atomic E-state index is 12.8. The zero-order chi connectivity index (χ0) is 17.1. The third-order valence-corrected chi connectivity index (χ3v) is 4.92. The molecular weight excluding hydrogens is 345 g/mol. The molecule has 0 N–H and O–H groups in total. The maximum Gasteiger partial charge on any atom is 0.227 e. The smallest absolute Gasteiger partial charge is 0.227 e. The fourth-order valence-corrected chi connectivity index (χ4v) is 3.07. The van der Waals surface area contributed by atoms with Gasteiger partial charge in [-0.15, -0.1) is 0 Å². The van der Waals surface area contributed by atoms with E-state index in [2.05, 4.69) is 0 Å².